The number of aromatic nitrogens is 4. The van der Waals surface area contributed by atoms with Crippen LogP contribution < -0.4 is 4.74 Å². The molecule has 0 unspecified atom stereocenters. The summed E-state index contributed by atoms with van der Waals surface area (Å²) in [5.74, 6) is -1.18. The highest BCUT2D eigenvalue weighted by atomic mass is 32.3. The van der Waals surface area contributed by atoms with Gasteiger partial charge in [-0.2, -0.15) is 4.31 Å². The van der Waals surface area contributed by atoms with Crippen LogP contribution in [0.3, 0.4) is 0 Å². The van der Waals surface area contributed by atoms with Crippen molar-refractivity contribution in [2.45, 2.75) is 78.0 Å². The van der Waals surface area contributed by atoms with Gasteiger partial charge in [-0.25, -0.2) is 9.67 Å². The zero-order valence-electron chi connectivity index (χ0n) is 24.9. The molecule has 3 heterocycles. The van der Waals surface area contributed by atoms with E-state index in [2.05, 4.69) is 15.3 Å². The van der Waals surface area contributed by atoms with E-state index in [-0.39, 0.29) is 23.4 Å². The van der Waals surface area contributed by atoms with Crippen LogP contribution in [0.1, 0.15) is 67.9 Å². The lowest BCUT2D eigenvalue weighted by Crippen LogP contribution is -2.35. The number of carbonyl (C=O) groups is 1. The number of carboxylic acids is 1. The van der Waals surface area contributed by atoms with Crippen LogP contribution in [0, 0.1) is 19.3 Å². The quantitative estimate of drug-likeness (QED) is 0.212. The van der Waals surface area contributed by atoms with Crippen LogP contribution in [0.5, 0.6) is 5.88 Å². The van der Waals surface area contributed by atoms with Crippen molar-refractivity contribution in [1.82, 2.24) is 24.3 Å². The van der Waals surface area contributed by atoms with Gasteiger partial charge in [0.25, 0.3) is 0 Å². The lowest BCUT2D eigenvalue weighted by molar-refractivity contribution is -0.147. The van der Waals surface area contributed by atoms with Crippen LogP contribution in [-0.2, 0) is 17.9 Å². The van der Waals surface area contributed by atoms with Crippen LogP contribution in [-0.4, -0.2) is 57.1 Å². The summed E-state index contributed by atoms with van der Waals surface area (Å²) in [5, 5.41) is 19.1. The van der Waals surface area contributed by atoms with Gasteiger partial charge in [-0.15, -0.1) is 15.9 Å². The number of carboxylic acid groups (broad SMARTS) is 1. The number of aryl methyl sites for hydroxylation is 3. The maximum Gasteiger partial charge on any atom is 0.310 e. The minimum Gasteiger partial charge on any atom is -0.481 e. The minimum absolute atomic E-state index is 0.235. The Morgan fingerprint density at radius 3 is 2.62 bits per heavy atom. The van der Waals surface area contributed by atoms with Crippen molar-refractivity contribution in [3.8, 4) is 5.88 Å². The van der Waals surface area contributed by atoms with E-state index in [4.69, 9.17) is 4.74 Å². The molecule has 10 nitrogen and oxygen atoms in total. The van der Waals surface area contributed by atoms with Gasteiger partial charge in [0, 0.05) is 25.2 Å². The Hall–Kier alpha value is -3.51. The largest absolute Gasteiger partial charge is 0.481 e. The highest BCUT2D eigenvalue weighted by molar-refractivity contribution is 8.22. The molecule has 2 aromatic carbocycles. The molecular formula is C31H39N5O5S. The fourth-order valence-corrected chi connectivity index (χ4v) is 7.34. The number of hydrogen-bond acceptors (Lipinski definition) is 8. The maximum absolute atomic E-state index is 12.7. The number of pyridine rings is 1. The first kappa shape index (κ1) is 30.0. The van der Waals surface area contributed by atoms with Gasteiger partial charge >= 0.3 is 5.97 Å². The standard InChI is InChI=1S/C31H39N5O5S/c1-7-23-18-35(42(39,40)26-10-9-15-32-29(26)41-23)17-22-16-21(12-11-19(22)3)27(31(5,6)30(37)38)24-13-14-25-28(20(24)4)33-34-36(25)8-2/h9-16,23,27,39-40H,7-8,17-18H2,1-6H3,(H,37,38)/t23-,27+/m1/s1. The van der Waals surface area contributed by atoms with Gasteiger partial charge in [0.2, 0.25) is 5.88 Å². The van der Waals surface area contributed by atoms with Gasteiger partial charge in [0.1, 0.15) is 16.5 Å². The predicted molar refractivity (Wildman–Crippen MR) is 163 cm³/mol. The van der Waals surface area contributed by atoms with Crippen LogP contribution in [0.2, 0.25) is 0 Å². The summed E-state index contributed by atoms with van der Waals surface area (Å²) in [6.45, 7) is 12.6. The summed E-state index contributed by atoms with van der Waals surface area (Å²) in [6.07, 6.45) is 1.97. The predicted octanol–water partition coefficient (Wildman–Crippen LogP) is 6.40. The maximum atomic E-state index is 12.7. The molecule has 224 valence electrons. The molecular weight excluding hydrogens is 554 g/mol. The van der Waals surface area contributed by atoms with Gasteiger partial charge in [0.05, 0.1) is 17.5 Å². The van der Waals surface area contributed by atoms with E-state index in [9.17, 15) is 19.0 Å². The molecule has 11 heteroatoms. The van der Waals surface area contributed by atoms with E-state index in [1.807, 2.05) is 62.7 Å². The molecule has 0 aliphatic carbocycles. The van der Waals surface area contributed by atoms with Crippen LogP contribution in [0.25, 0.3) is 11.0 Å². The summed E-state index contributed by atoms with van der Waals surface area (Å²) >= 11 is 0. The Morgan fingerprint density at radius 1 is 1.17 bits per heavy atom. The van der Waals surface area contributed by atoms with Crippen molar-refractivity contribution in [3.63, 3.8) is 0 Å². The Bertz CT molecular complexity index is 1640. The summed E-state index contributed by atoms with van der Waals surface area (Å²) in [6, 6.07) is 13.2. The molecule has 0 spiro atoms. The fourth-order valence-electron chi connectivity index (χ4n) is 5.77. The SMILES string of the molecule is CC[C@@H]1CN(Cc2cc([C@@H](c3ccc4c(nnn4CC)c3C)C(C)(C)C(=O)O)ccc2C)S(O)(O)c2cccnc2O1. The second-order valence-electron chi connectivity index (χ2n) is 11.5. The summed E-state index contributed by atoms with van der Waals surface area (Å²) in [4.78, 5) is 17.2. The molecule has 5 rings (SSSR count). The van der Waals surface area contributed by atoms with Crippen LogP contribution in [0.4, 0.5) is 0 Å². The molecule has 0 radical (unpaired) electrons. The summed E-state index contributed by atoms with van der Waals surface area (Å²) in [5.41, 5.74) is 4.91. The molecule has 42 heavy (non-hydrogen) atoms. The Kier molecular flexibility index (Phi) is 8.06. The number of nitrogens with zero attached hydrogens (tertiary/aromatic N) is 5. The normalized spacial score (nSPS) is 18.6. The molecule has 0 bridgehead atoms. The van der Waals surface area contributed by atoms with Gasteiger partial charge in [-0.1, -0.05) is 36.4 Å². The Morgan fingerprint density at radius 2 is 1.93 bits per heavy atom. The van der Waals surface area contributed by atoms with Gasteiger partial charge < -0.3 is 9.84 Å². The minimum atomic E-state index is -3.40. The van der Waals surface area contributed by atoms with Crippen molar-refractivity contribution in [2.75, 3.05) is 6.54 Å². The third-order valence-corrected chi connectivity index (χ3v) is 10.4. The zero-order valence-corrected chi connectivity index (χ0v) is 25.7. The first-order valence-corrected chi connectivity index (χ1v) is 15.7. The van der Waals surface area contributed by atoms with E-state index >= 15 is 0 Å². The zero-order chi connectivity index (χ0) is 30.4. The van der Waals surface area contributed by atoms with Gasteiger partial charge in [-0.3, -0.25) is 13.9 Å². The van der Waals surface area contributed by atoms with Crippen molar-refractivity contribution in [1.29, 1.82) is 0 Å². The van der Waals surface area contributed by atoms with E-state index in [0.717, 1.165) is 38.9 Å². The van der Waals surface area contributed by atoms with Crippen molar-refractivity contribution in [2.24, 2.45) is 5.41 Å². The third kappa shape index (κ3) is 5.15. The molecule has 1 aliphatic rings. The molecule has 2 atom stereocenters. The van der Waals surface area contributed by atoms with Crippen LogP contribution in [0.15, 0.2) is 53.6 Å². The molecule has 2 aromatic heterocycles. The monoisotopic (exact) mass is 593 g/mol. The first-order chi connectivity index (χ1) is 19.9. The van der Waals surface area contributed by atoms with Crippen LogP contribution >= 0.6 is 10.8 Å². The number of hydrogen-bond donors (Lipinski definition) is 3. The number of rotatable bonds is 8. The second kappa shape index (κ2) is 11.3. The number of ether oxygens (including phenoxy) is 1. The lowest BCUT2D eigenvalue weighted by Gasteiger charge is -2.42. The van der Waals surface area contributed by atoms with Crippen molar-refractivity contribution in [3.05, 3.63) is 76.5 Å². The average Bonchev–Trinajstić information content (AvgIpc) is 3.34. The summed E-state index contributed by atoms with van der Waals surface area (Å²) < 4.78 is 32.6. The fraction of sp³-hybridized carbons (Fsp3) is 0.419. The molecule has 0 saturated carbocycles. The summed E-state index contributed by atoms with van der Waals surface area (Å²) in [7, 11) is -3.40. The van der Waals surface area contributed by atoms with Crippen molar-refractivity contribution >= 4 is 27.8 Å². The molecule has 0 saturated heterocycles. The smallest absolute Gasteiger partial charge is 0.310 e. The molecule has 0 fully saturated rings. The lowest BCUT2D eigenvalue weighted by atomic mass is 9.69. The van der Waals surface area contributed by atoms with E-state index in [1.54, 1.807) is 36.5 Å². The topological polar surface area (TPSA) is 134 Å². The van der Waals surface area contributed by atoms with Gasteiger partial charge in [-0.05, 0) is 87.1 Å². The van der Waals surface area contributed by atoms with Gasteiger partial charge in [0.15, 0.2) is 0 Å². The second-order valence-corrected chi connectivity index (χ2v) is 13.5. The number of aliphatic carboxylic acids is 1. The Balaban J connectivity index is 1.61. The van der Waals surface area contributed by atoms with E-state index in [0.29, 0.717) is 19.5 Å². The van der Waals surface area contributed by atoms with E-state index < -0.39 is 28.1 Å². The molecule has 0 amide bonds. The molecule has 4 aromatic rings. The molecule has 1 aliphatic heterocycles. The number of benzene rings is 2. The number of fused-ring (bicyclic) bond motifs is 2. The highest BCUT2D eigenvalue weighted by Gasteiger charge is 2.41. The first-order valence-electron chi connectivity index (χ1n) is 14.2. The van der Waals surface area contributed by atoms with E-state index in [1.165, 1.54) is 0 Å². The highest BCUT2D eigenvalue weighted by Crippen LogP contribution is 2.57. The Labute approximate surface area is 247 Å². The van der Waals surface area contributed by atoms with Crippen molar-refractivity contribution < 1.29 is 23.7 Å². The molecule has 3 N–H and O–H groups in total. The third-order valence-electron chi connectivity index (χ3n) is 8.45. The average molecular weight is 594 g/mol.